The van der Waals surface area contributed by atoms with Crippen LogP contribution in [0, 0.1) is 5.41 Å². The number of nitrogens with one attached hydrogen (secondary N) is 1. The molecular weight excluding hydrogens is 258 g/mol. The quantitative estimate of drug-likeness (QED) is 0.659. The minimum atomic E-state index is -3.36. The van der Waals surface area contributed by atoms with E-state index in [9.17, 15) is 18.0 Å². The number of carbonyl (C=O) groups is 2. The summed E-state index contributed by atoms with van der Waals surface area (Å²) in [6.07, 6.45) is 1.12. The number of carboxylic acid groups (broad SMARTS) is 1. The van der Waals surface area contributed by atoms with Gasteiger partial charge in [0.2, 0.25) is 5.91 Å². The first-order chi connectivity index (χ1) is 8.29. The molecule has 0 aromatic rings. The van der Waals surface area contributed by atoms with Crippen molar-refractivity contribution in [3.63, 3.8) is 0 Å². The Labute approximate surface area is 107 Å². The molecule has 1 rings (SSSR count). The number of aliphatic carboxylic acids is 1. The van der Waals surface area contributed by atoms with Gasteiger partial charge in [-0.15, -0.1) is 0 Å². The van der Waals surface area contributed by atoms with E-state index in [-0.39, 0.29) is 30.3 Å². The van der Waals surface area contributed by atoms with Crippen molar-refractivity contribution in [2.24, 2.45) is 5.41 Å². The zero-order valence-corrected chi connectivity index (χ0v) is 11.3. The van der Waals surface area contributed by atoms with Crippen molar-refractivity contribution < 1.29 is 23.1 Å². The molecule has 1 aliphatic carbocycles. The molecule has 0 aromatic heterocycles. The molecule has 1 saturated carbocycles. The first kappa shape index (κ1) is 14.9. The van der Waals surface area contributed by atoms with Gasteiger partial charge < -0.3 is 10.4 Å². The predicted molar refractivity (Wildman–Crippen MR) is 65.9 cm³/mol. The maximum atomic E-state index is 11.8. The highest BCUT2D eigenvalue weighted by molar-refractivity contribution is 7.91. The van der Waals surface area contributed by atoms with Crippen LogP contribution in [0.25, 0.3) is 0 Å². The highest BCUT2D eigenvalue weighted by atomic mass is 32.2. The van der Waals surface area contributed by atoms with Gasteiger partial charge in [0.05, 0.1) is 17.9 Å². The molecule has 0 atom stereocenters. The number of hydrogen-bond donors (Lipinski definition) is 2. The maximum Gasteiger partial charge on any atom is 0.303 e. The van der Waals surface area contributed by atoms with Gasteiger partial charge in [-0.1, -0.05) is 0 Å². The van der Waals surface area contributed by atoms with E-state index in [1.807, 2.05) is 0 Å². The molecule has 0 spiro atoms. The minimum Gasteiger partial charge on any atom is -0.481 e. The van der Waals surface area contributed by atoms with Gasteiger partial charge in [-0.25, -0.2) is 8.42 Å². The van der Waals surface area contributed by atoms with Crippen molar-refractivity contribution in [2.45, 2.75) is 32.6 Å². The summed E-state index contributed by atoms with van der Waals surface area (Å²) in [4.78, 5) is 21.8. The standard InChI is InChI=1S/C11H19NO5S/c1-2-12-9(13)3-6-18(16,17)8-11(4-5-11)7-10(14)15/h2-8H2,1H3,(H,12,13)(H,14,15). The fourth-order valence-electron chi connectivity index (χ4n) is 1.94. The summed E-state index contributed by atoms with van der Waals surface area (Å²) in [7, 11) is -3.36. The van der Waals surface area contributed by atoms with E-state index < -0.39 is 21.2 Å². The molecule has 1 fully saturated rings. The zero-order chi connectivity index (χ0) is 13.8. The van der Waals surface area contributed by atoms with Crippen LogP contribution >= 0.6 is 0 Å². The van der Waals surface area contributed by atoms with Gasteiger partial charge in [0.15, 0.2) is 9.84 Å². The predicted octanol–water partition coefficient (Wildman–Crippen LogP) is 0.182. The summed E-state index contributed by atoms with van der Waals surface area (Å²) in [6, 6.07) is 0. The number of amides is 1. The van der Waals surface area contributed by atoms with Crippen molar-refractivity contribution in [3.05, 3.63) is 0 Å². The van der Waals surface area contributed by atoms with E-state index in [4.69, 9.17) is 5.11 Å². The second-order valence-electron chi connectivity index (χ2n) is 4.87. The van der Waals surface area contributed by atoms with Gasteiger partial charge in [0, 0.05) is 13.0 Å². The topological polar surface area (TPSA) is 101 Å². The molecule has 104 valence electrons. The Morgan fingerprint density at radius 1 is 1.33 bits per heavy atom. The average molecular weight is 277 g/mol. The van der Waals surface area contributed by atoms with Crippen LogP contribution in [0.4, 0.5) is 0 Å². The van der Waals surface area contributed by atoms with Crippen molar-refractivity contribution in [3.8, 4) is 0 Å². The van der Waals surface area contributed by atoms with Gasteiger partial charge in [0.25, 0.3) is 0 Å². The fraction of sp³-hybridized carbons (Fsp3) is 0.818. The molecular formula is C11H19NO5S. The third kappa shape index (κ3) is 5.03. The van der Waals surface area contributed by atoms with Crippen molar-refractivity contribution >= 4 is 21.7 Å². The Bertz CT molecular complexity index is 425. The Hall–Kier alpha value is -1.11. The molecule has 7 heteroatoms. The Morgan fingerprint density at radius 2 is 1.94 bits per heavy atom. The van der Waals surface area contributed by atoms with Gasteiger partial charge in [-0.3, -0.25) is 9.59 Å². The third-order valence-electron chi connectivity index (χ3n) is 3.02. The van der Waals surface area contributed by atoms with E-state index in [2.05, 4.69) is 5.32 Å². The summed E-state index contributed by atoms with van der Waals surface area (Å²) in [6.45, 7) is 2.24. The molecule has 0 heterocycles. The molecule has 2 N–H and O–H groups in total. The molecule has 0 radical (unpaired) electrons. The number of carbonyl (C=O) groups excluding carboxylic acids is 1. The monoisotopic (exact) mass is 277 g/mol. The van der Waals surface area contributed by atoms with E-state index in [1.165, 1.54) is 0 Å². The first-order valence-electron chi connectivity index (χ1n) is 5.97. The first-order valence-corrected chi connectivity index (χ1v) is 7.80. The molecule has 1 aliphatic rings. The Kier molecular flexibility index (Phi) is 4.72. The normalized spacial score (nSPS) is 17.2. The highest BCUT2D eigenvalue weighted by Crippen LogP contribution is 2.49. The van der Waals surface area contributed by atoms with Crippen molar-refractivity contribution in [1.29, 1.82) is 0 Å². The lowest BCUT2D eigenvalue weighted by atomic mass is 10.1. The molecule has 0 unspecified atom stereocenters. The Morgan fingerprint density at radius 3 is 2.39 bits per heavy atom. The van der Waals surface area contributed by atoms with Gasteiger partial charge in [-0.2, -0.15) is 0 Å². The lowest BCUT2D eigenvalue weighted by Gasteiger charge is -2.12. The van der Waals surface area contributed by atoms with Crippen LogP contribution in [-0.2, 0) is 19.4 Å². The number of carboxylic acids is 1. The maximum absolute atomic E-state index is 11.8. The molecule has 0 aliphatic heterocycles. The highest BCUT2D eigenvalue weighted by Gasteiger charge is 2.47. The Balaban J connectivity index is 2.45. The fourth-order valence-corrected chi connectivity index (χ4v) is 3.91. The van der Waals surface area contributed by atoms with Crippen LogP contribution in [0.3, 0.4) is 0 Å². The van der Waals surface area contributed by atoms with E-state index in [1.54, 1.807) is 6.92 Å². The van der Waals surface area contributed by atoms with E-state index in [0.717, 1.165) is 0 Å². The number of hydrogen-bond acceptors (Lipinski definition) is 4. The zero-order valence-electron chi connectivity index (χ0n) is 10.4. The van der Waals surface area contributed by atoms with Gasteiger partial charge in [0.1, 0.15) is 0 Å². The van der Waals surface area contributed by atoms with Crippen molar-refractivity contribution in [1.82, 2.24) is 5.32 Å². The second kappa shape index (κ2) is 5.69. The smallest absolute Gasteiger partial charge is 0.303 e. The van der Waals surface area contributed by atoms with Crippen LogP contribution < -0.4 is 5.32 Å². The summed E-state index contributed by atoms with van der Waals surface area (Å²) in [5, 5.41) is 11.2. The van der Waals surface area contributed by atoms with Crippen LogP contribution in [0.1, 0.15) is 32.6 Å². The molecule has 0 saturated heterocycles. The van der Waals surface area contributed by atoms with Crippen LogP contribution in [0.2, 0.25) is 0 Å². The summed E-state index contributed by atoms with van der Waals surface area (Å²) in [5.41, 5.74) is -0.577. The van der Waals surface area contributed by atoms with Gasteiger partial charge >= 0.3 is 5.97 Å². The van der Waals surface area contributed by atoms with Crippen molar-refractivity contribution in [2.75, 3.05) is 18.1 Å². The van der Waals surface area contributed by atoms with Crippen LogP contribution in [-0.4, -0.2) is 43.5 Å². The number of rotatable bonds is 8. The summed E-state index contributed by atoms with van der Waals surface area (Å²) >= 11 is 0. The molecule has 1 amide bonds. The van der Waals surface area contributed by atoms with E-state index in [0.29, 0.717) is 19.4 Å². The van der Waals surface area contributed by atoms with E-state index >= 15 is 0 Å². The summed E-state index contributed by atoms with van der Waals surface area (Å²) in [5.74, 6) is -1.58. The van der Waals surface area contributed by atoms with Gasteiger partial charge in [-0.05, 0) is 25.2 Å². The minimum absolute atomic E-state index is 0.0562. The third-order valence-corrected chi connectivity index (χ3v) is 4.90. The number of sulfone groups is 1. The van der Waals surface area contributed by atoms with Crippen LogP contribution in [0.5, 0.6) is 0 Å². The average Bonchev–Trinajstić information content (AvgIpc) is 2.93. The molecule has 0 bridgehead atoms. The summed E-state index contributed by atoms with van der Waals surface area (Å²) < 4.78 is 23.6. The molecule has 0 aromatic carbocycles. The lowest BCUT2D eigenvalue weighted by Crippen LogP contribution is -2.28. The molecule has 6 nitrogen and oxygen atoms in total. The lowest BCUT2D eigenvalue weighted by molar-refractivity contribution is -0.138. The second-order valence-corrected chi connectivity index (χ2v) is 7.05. The largest absolute Gasteiger partial charge is 0.481 e. The SMILES string of the molecule is CCNC(=O)CCS(=O)(=O)CC1(CC(=O)O)CC1. The molecule has 18 heavy (non-hydrogen) atoms. The van der Waals surface area contributed by atoms with Crippen LogP contribution in [0.15, 0.2) is 0 Å².